The van der Waals surface area contributed by atoms with Gasteiger partial charge in [-0.3, -0.25) is 14.6 Å². The Morgan fingerprint density at radius 2 is 1.87 bits per heavy atom. The van der Waals surface area contributed by atoms with Crippen LogP contribution in [0.4, 0.5) is 5.69 Å². The standard InChI is InChI=1S/C23H27ClN4O2/c1-15-5-6-19(10-21(15)24)26-22(29)7-9-27-11-17-13-28(14-18(17)12-27)23(30)20-4-3-8-25-16(20)2/h3-6,8,10,17-18H,7,9,11-14H2,1-2H3,(H,26,29). The van der Waals surface area contributed by atoms with E-state index in [1.165, 1.54) is 0 Å². The lowest BCUT2D eigenvalue weighted by Gasteiger charge is -2.22. The smallest absolute Gasteiger partial charge is 0.255 e. The average molecular weight is 427 g/mol. The molecule has 7 heteroatoms. The maximum absolute atomic E-state index is 12.8. The van der Waals surface area contributed by atoms with Crippen LogP contribution in [0.3, 0.4) is 0 Å². The van der Waals surface area contributed by atoms with Crippen molar-refractivity contribution in [1.29, 1.82) is 0 Å². The van der Waals surface area contributed by atoms with Crippen LogP contribution in [0.1, 0.15) is 28.0 Å². The van der Waals surface area contributed by atoms with Crippen molar-refractivity contribution < 1.29 is 9.59 Å². The van der Waals surface area contributed by atoms with Gasteiger partial charge in [0.2, 0.25) is 5.91 Å². The van der Waals surface area contributed by atoms with Crippen molar-refractivity contribution >= 4 is 29.1 Å². The second-order valence-electron chi connectivity index (χ2n) is 8.39. The van der Waals surface area contributed by atoms with Crippen LogP contribution in [0, 0.1) is 25.7 Å². The van der Waals surface area contributed by atoms with Crippen molar-refractivity contribution in [2.75, 3.05) is 38.0 Å². The van der Waals surface area contributed by atoms with Crippen LogP contribution >= 0.6 is 11.6 Å². The Morgan fingerprint density at radius 3 is 2.53 bits per heavy atom. The molecule has 2 aliphatic heterocycles. The number of hydrogen-bond donors (Lipinski definition) is 1. The van der Waals surface area contributed by atoms with Gasteiger partial charge in [-0.25, -0.2) is 0 Å². The zero-order valence-electron chi connectivity index (χ0n) is 17.4. The number of amides is 2. The number of halogens is 1. The van der Waals surface area contributed by atoms with Crippen LogP contribution in [0.2, 0.25) is 5.02 Å². The summed E-state index contributed by atoms with van der Waals surface area (Å²) < 4.78 is 0. The molecule has 2 amide bonds. The van der Waals surface area contributed by atoms with E-state index in [4.69, 9.17) is 11.6 Å². The summed E-state index contributed by atoms with van der Waals surface area (Å²) >= 11 is 6.12. The fraction of sp³-hybridized carbons (Fsp3) is 0.435. The lowest BCUT2D eigenvalue weighted by molar-refractivity contribution is -0.116. The number of aryl methyl sites for hydroxylation is 2. The van der Waals surface area contributed by atoms with E-state index in [1.807, 2.05) is 43.0 Å². The Bertz CT molecular complexity index is 950. The van der Waals surface area contributed by atoms with E-state index in [0.717, 1.165) is 49.7 Å². The lowest BCUT2D eigenvalue weighted by Crippen LogP contribution is -2.34. The highest BCUT2D eigenvalue weighted by Crippen LogP contribution is 2.32. The van der Waals surface area contributed by atoms with Crippen LogP contribution in [-0.2, 0) is 4.79 Å². The van der Waals surface area contributed by atoms with Crippen LogP contribution in [0.5, 0.6) is 0 Å². The largest absolute Gasteiger partial charge is 0.338 e. The van der Waals surface area contributed by atoms with Gasteiger partial charge in [0.1, 0.15) is 0 Å². The molecule has 0 radical (unpaired) electrons. The molecule has 1 aromatic carbocycles. The molecule has 30 heavy (non-hydrogen) atoms. The zero-order valence-corrected chi connectivity index (χ0v) is 18.2. The molecule has 1 aromatic heterocycles. The summed E-state index contributed by atoms with van der Waals surface area (Å²) in [6.07, 6.45) is 2.16. The molecule has 0 saturated carbocycles. The monoisotopic (exact) mass is 426 g/mol. The first-order chi connectivity index (χ1) is 14.4. The first-order valence-corrected chi connectivity index (χ1v) is 10.8. The first-order valence-electron chi connectivity index (χ1n) is 10.4. The Labute approximate surface area is 182 Å². The number of nitrogens with one attached hydrogen (secondary N) is 1. The minimum atomic E-state index is -0.00386. The minimum absolute atomic E-state index is 0.00386. The number of aromatic nitrogens is 1. The van der Waals surface area contributed by atoms with Crippen molar-refractivity contribution in [2.24, 2.45) is 11.8 Å². The molecule has 4 rings (SSSR count). The molecule has 2 fully saturated rings. The molecule has 2 aromatic rings. The third kappa shape index (κ3) is 4.50. The van der Waals surface area contributed by atoms with Crippen LogP contribution < -0.4 is 5.32 Å². The Hall–Kier alpha value is -2.44. The van der Waals surface area contributed by atoms with Crippen molar-refractivity contribution in [3.63, 3.8) is 0 Å². The second-order valence-corrected chi connectivity index (χ2v) is 8.80. The van der Waals surface area contributed by atoms with E-state index in [9.17, 15) is 9.59 Å². The highest BCUT2D eigenvalue weighted by atomic mass is 35.5. The number of hydrogen-bond acceptors (Lipinski definition) is 4. The molecule has 6 nitrogen and oxygen atoms in total. The lowest BCUT2D eigenvalue weighted by atomic mass is 10.0. The van der Waals surface area contributed by atoms with Gasteiger partial charge in [0, 0.05) is 61.7 Å². The predicted molar refractivity (Wildman–Crippen MR) is 118 cm³/mol. The zero-order chi connectivity index (χ0) is 21.3. The SMILES string of the molecule is Cc1ccc(NC(=O)CCN2CC3CN(C(=O)c4cccnc4C)CC3C2)cc1Cl. The Morgan fingerprint density at radius 1 is 1.13 bits per heavy atom. The summed E-state index contributed by atoms with van der Waals surface area (Å²) in [5.74, 6) is 1.03. The summed E-state index contributed by atoms with van der Waals surface area (Å²) in [6.45, 7) is 7.97. The van der Waals surface area contributed by atoms with Crippen molar-refractivity contribution in [1.82, 2.24) is 14.8 Å². The molecule has 1 N–H and O–H groups in total. The van der Waals surface area contributed by atoms with Crippen molar-refractivity contribution in [2.45, 2.75) is 20.3 Å². The normalized spacial score (nSPS) is 21.0. The molecule has 2 aliphatic rings. The van der Waals surface area contributed by atoms with Gasteiger partial charge in [-0.2, -0.15) is 0 Å². The highest BCUT2D eigenvalue weighted by Gasteiger charge is 2.41. The number of likely N-dealkylation sites (tertiary alicyclic amines) is 2. The fourth-order valence-electron chi connectivity index (χ4n) is 4.47. The van der Waals surface area contributed by atoms with Crippen LogP contribution in [0.15, 0.2) is 36.5 Å². The van der Waals surface area contributed by atoms with Gasteiger partial charge >= 0.3 is 0 Å². The van der Waals surface area contributed by atoms with Gasteiger partial charge < -0.3 is 15.1 Å². The molecule has 0 bridgehead atoms. The molecule has 2 saturated heterocycles. The van der Waals surface area contributed by atoms with Gasteiger partial charge in [0.15, 0.2) is 0 Å². The summed E-state index contributed by atoms with van der Waals surface area (Å²) in [5.41, 5.74) is 3.20. The summed E-state index contributed by atoms with van der Waals surface area (Å²) in [6, 6.07) is 9.22. The number of carbonyl (C=O) groups excluding carboxylic acids is 2. The van der Waals surface area contributed by atoms with Crippen molar-refractivity contribution in [3.05, 3.63) is 58.4 Å². The fourth-order valence-corrected chi connectivity index (χ4v) is 4.65. The first kappa shape index (κ1) is 20.8. The number of rotatable bonds is 5. The molecule has 158 valence electrons. The molecule has 0 spiro atoms. The van der Waals surface area contributed by atoms with Crippen LogP contribution in [-0.4, -0.2) is 59.3 Å². The molecule has 2 unspecified atom stereocenters. The quantitative estimate of drug-likeness (QED) is 0.795. The van der Waals surface area contributed by atoms with E-state index in [1.54, 1.807) is 12.3 Å². The van der Waals surface area contributed by atoms with Crippen molar-refractivity contribution in [3.8, 4) is 0 Å². The van der Waals surface area contributed by atoms with Gasteiger partial charge in [-0.15, -0.1) is 0 Å². The van der Waals surface area contributed by atoms with Gasteiger partial charge in [0.25, 0.3) is 5.91 Å². The van der Waals surface area contributed by atoms with Gasteiger partial charge in [0.05, 0.1) is 5.56 Å². The van der Waals surface area contributed by atoms with Gasteiger partial charge in [-0.05, 0) is 55.5 Å². The number of fused-ring (bicyclic) bond motifs is 1. The highest BCUT2D eigenvalue weighted by molar-refractivity contribution is 6.31. The second kappa shape index (κ2) is 8.74. The maximum Gasteiger partial charge on any atom is 0.255 e. The van der Waals surface area contributed by atoms with E-state index in [-0.39, 0.29) is 11.8 Å². The number of nitrogens with zero attached hydrogens (tertiary/aromatic N) is 3. The van der Waals surface area contributed by atoms with E-state index < -0.39 is 0 Å². The molecule has 3 heterocycles. The third-order valence-corrected chi connectivity index (χ3v) is 6.60. The summed E-state index contributed by atoms with van der Waals surface area (Å²) in [7, 11) is 0. The van der Waals surface area contributed by atoms with Gasteiger partial charge in [-0.1, -0.05) is 17.7 Å². The predicted octanol–water partition coefficient (Wildman–Crippen LogP) is 3.38. The Kier molecular flexibility index (Phi) is 6.06. The molecular formula is C23H27ClN4O2. The van der Waals surface area contributed by atoms with Crippen LogP contribution in [0.25, 0.3) is 0 Å². The molecular weight excluding hydrogens is 400 g/mol. The molecule has 0 aliphatic carbocycles. The number of carbonyl (C=O) groups is 2. The number of pyridine rings is 1. The number of anilines is 1. The minimum Gasteiger partial charge on any atom is -0.338 e. The average Bonchev–Trinajstić information content (AvgIpc) is 3.28. The Balaban J connectivity index is 1.24. The maximum atomic E-state index is 12.8. The van der Waals surface area contributed by atoms with E-state index in [2.05, 4.69) is 15.2 Å². The van der Waals surface area contributed by atoms with E-state index >= 15 is 0 Å². The summed E-state index contributed by atoms with van der Waals surface area (Å²) in [5, 5.41) is 3.57. The van der Waals surface area contributed by atoms with E-state index in [0.29, 0.717) is 28.8 Å². The third-order valence-electron chi connectivity index (χ3n) is 6.20. The molecule has 2 atom stereocenters. The number of benzene rings is 1. The topological polar surface area (TPSA) is 65.5 Å². The summed E-state index contributed by atoms with van der Waals surface area (Å²) in [4.78, 5) is 33.7.